The summed E-state index contributed by atoms with van der Waals surface area (Å²) >= 11 is 5.90. The number of nitrogens with two attached hydrogens (primary N) is 1. The van der Waals surface area contributed by atoms with Gasteiger partial charge in [0.25, 0.3) is 0 Å². The van der Waals surface area contributed by atoms with Crippen LogP contribution >= 0.6 is 11.6 Å². The largest absolute Gasteiger partial charge is 0.457 e. The number of rotatable bonds is 3. The summed E-state index contributed by atoms with van der Waals surface area (Å²) in [4.78, 5) is 10.9. The maximum absolute atomic E-state index is 10.9. The molecule has 0 bridgehead atoms. The van der Waals surface area contributed by atoms with Crippen molar-refractivity contribution in [2.75, 3.05) is 0 Å². The molecule has 2 N–H and O–H groups in total. The molecule has 0 saturated carbocycles. The number of carbonyl (C=O) groups is 1. The minimum absolute atomic E-state index is 0.328. The van der Waals surface area contributed by atoms with Crippen LogP contribution in [0.2, 0.25) is 5.02 Å². The lowest BCUT2D eigenvalue weighted by Gasteiger charge is -2.06. The van der Waals surface area contributed by atoms with Crippen molar-refractivity contribution in [3.8, 4) is 17.6 Å². The lowest BCUT2D eigenvalue weighted by molar-refractivity contribution is 0.100. The first-order valence-electron chi connectivity index (χ1n) is 5.37. The summed E-state index contributed by atoms with van der Waals surface area (Å²) in [6.45, 7) is 0. The molecule has 2 aromatic carbocycles. The second kappa shape index (κ2) is 5.42. The first-order chi connectivity index (χ1) is 9.10. The fourth-order valence-corrected chi connectivity index (χ4v) is 1.69. The molecule has 4 nitrogen and oxygen atoms in total. The van der Waals surface area contributed by atoms with E-state index in [9.17, 15) is 4.79 Å². The molecule has 0 unspecified atom stereocenters. The highest BCUT2D eigenvalue weighted by molar-refractivity contribution is 6.31. The third-order valence-electron chi connectivity index (χ3n) is 2.44. The predicted octanol–water partition coefficient (Wildman–Crippen LogP) is 3.10. The van der Waals surface area contributed by atoms with Crippen LogP contribution in [-0.4, -0.2) is 5.91 Å². The van der Waals surface area contributed by atoms with Crippen LogP contribution in [0.4, 0.5) is 0 Å². The molecular formula is C14H9ClN2O2. The van der Waals surface area contributed by atoms with Crippen LogP contribution in [0.15, 0.2) is 42.5 Å². The maximum Gasteiger partial charge on any atom is 0.248 e. The Balaban J connectivity index is 2.19. The Labute approximate surface area is 115 Å². The number of hydrogen-bond acceptors (Lipinski definition) is 3. The minimum atomic E-state index is -0.493. The fraction of sp³-hybridized carbons (Fsp3) is 0. The number of ether oxygens (including phenoxy) is 1. The Kier molecular flexibility index (Phi) is 3.69. The quantitative estimate of drug-likeness (QED) is 0.933. The third-order valence-corrected chi connectivity index (χ3v) is 2.75. The molecule has 0 atom stereocenters. The summed E-state index contributed by atoms with van der Waals surface area (Å²) in [5.74, 6) is 0.564. The summed E-state index contributed by atoms with van der Waals surface area (Å²) in [7, 11) is 0. The van der Waals surface area contributed by atoms with Gasteiger partial charge in [-0.25, -0.2) is 0 Å². The van der Waals surface area contributed by atoms with Crippen molar-refractivity contribution in [1.29, 1.82) is 5.26 Å². The van der Waals surface area contributed by atoms with E-state index < -0.39 is 5.91 Å². The SMILES string of the molecule is N#Cc1ccc(Oc2ccc(C(N)=O)cc2)cc1Cl. The maximum atomic E-state index is 10.9. The van der Waals surface area contributed by atoms with Gasteiger partial charge >= 0.3 is 0 Å². The fourth-order valence-electron chi connectivity index (χ4n) is 1.47. The highest BCUT2D eigenvalue weighted by Gasteiger charge is 2.04. The first-order valence-corrected chi connectivity index (χ1v) is 5.75. The highest BCUT2D eigenvalue weighted by Crippen LogP contribution is 2.26. The molecule has 0 spiro atoms. The molecule has 94 valence electrons. The van der Waals surface area contributed by atoms with E-state index in [2.05, 4.69) is 0 Å². The summed E-state index contributed by atoms with van der Waals surface area (Å²) in [6, 6.07) is 13.2. The first kappa shape index (κ1) is 12.9. The van der Waals surface area contributed by atoms with E-state index in [1.54, 1.807) is 42.5 Å². The van der Waals surface area contributed by atoms with E-state index in [1.165, 1.54) is 0 Å². The van der Waals surface area contributed by atoms with E-state index in [0.717, 1.165) is 0 Å². The van der Waals surface area contributed by atoms with Crippen LogP contribution in [0.5, 0.6) is 11.5 Å². The van der Waals surface area contributed by atoms with Crippen molar-refractivity contribution >= 4 is 17.5 Å². The van der Waals surface area contributed by atoms with Crippen LogP contribution in [0.1, 0.15) is 15.9 Å². The van der Waals surface area contributed by atoms with Crippen molar-refractivity contribution in [1.82, 2.24) is 0 Å². The lowest BCUT2D eigenvalue weighted by atomic mass is 10.2. The average molecular weight is 273 g/mol. The molecule has 19 heavy (non-hydrogen) atoms. The molecular weight excluding hydrogens is 264 g/mol. The minimum Gasteiger partial charge on any atom is -0.457 e. The number of amides is 1. The van der Waals surface area contributed by atoms with Gasteiger partial charge in [-0.1, -0.05) is 11.6 Å². The summed E-state index contributed by atoms with van der Waals surface area (Å²) in [5.41, 5.74) is 5.94. The zero-order valence-corrected chi connectivity index (χ0v) is 10.5. The number of nitrogens with zero attached hydrogens (tertiary/aromatic N) is 1. The van der Waals surface area contributed by atoms with Crippen molar-refractivity contribution in [2.24, 2.45) is 5.73 Å². The Hall–Kier alpha value is -2.51. The van der Waals surface area contributed by atoms with Crippen LogP contribution in [-0.2, 0) is 0 Å². The summed E-state index contributed by atoms with van der Waals surface area (Å²) in [5, 5.41) is 9.09. The molecule has 0 fully saturated rings. The molecule has 0 saturated heterocycles. The third kappa shape index (κ3) is 3.03. The highest BCUT2D eigenvalue weighted by atomic mass is 35.5. The number of benzene rings is 2. The van der Waals surface area contributed by atoms with Crippen LogP contribution in [0.25, 0.3) is 0 Å². The van der Waals surface area contributed by atoms with Crippen molar-refractivity contribution in [3.63, 3.8) is 0 Å². The van der Waals surface area contributed by atoms with Gasteiger partial charge in [-0.2, -0.15) is 5.26 Å². The lowest BCUT2D eigenvalue weighted by Crippen LogP contribution is -2.10. The molecule has 1 amide bonds. The van der Waals surface area contributed by atoms with Crippen LogP contribution in [0, 0.1) is 11.3 Å². The topological polar surface area (TPSA) is 76.1 Å². The van der Waals surface area contributed by atoms with Crippen LogP contribution < -0.4 is 10.5 Å². The van der Waals surface area contributed by atoms with E-state index in [-0.39, 0.29) is 0 Å². The predicted molar refractivity (Wildman–Crippen MR) is 71.2 cm³/mol. The number of primary amides is 1. The molecule has 0 radical (unpaired) electrons. The van der Waals surface area contributed by atoms with Gasteiger partial charge in [0.2, 0.25) is 5.91 Å². The summed E-state index contributed by atoms with van der Waals surface area (Å²) < 4.78 is 5.55. The normalized spacial score (nSPS) is 9.68. The number of nitriles is 1. The van der Waals surface area contributed by atoms with E-state index >= 15 is 0 Å². The summed E-state index contributed by atoms with van der Waals surface area (Å²) in [6.07, 6.45) is 0. The molecule has 5 heteroatoms. The van der Waals surface area contributed by atoms with Gasteiger partial charge in [0.1, 0.15) is 17.6 Å². The Morgan fingerprint density at radius 3 is 2.32 bits per heavy atom. The standard InChI is InChI=1S/C14H9ClN2O2/c15-13-7-12(6-3-10(13)8-16)19-11-4-1-9(2-5-11)14(17)18/h1-7H,(H2,17,18). The average Bonchev–Trinajstić information content (AvgIpc) is 2.39. The number of carbonyl (C=O) groups excluding carboxylic acids is 1. The van der Waals surface area contributed by atoms with E-state index in [4.69, 9.17) is 27.3 Å². The monoisotopic (exact) mass is 272 g/mol. The number of hydrogen-bond donors (Lipinski definition) is 1. The van der Waals surface area contributed by atoms with Gasteiger partial charge in [-0.3, -0.25) is 4.79 Å². The zero-order valence-electron chi connectivity index (χ0n) is 9.76. The molecule has 0 aliphatic heterocycles. The Morgan fingerprint density at radius 1 is 1.16 bits per heavy atom. The van der Waals surface area contributed by atoms with Gasteiger partial charge < -0.3 is 10.5 Å². The van der Waals surface area contributed by atoms with Crippen molar-refractivity contribution < 1.29 is 9.53 Å². The van der Waals surface area contributed by atoms with Crippen molar-refractivity contribution in [2.45, 2.75) is 0 Å². The van der Waals surface area contributed by atoms with Gasteiger partial charge in [-0.15, -0.1) is 0 Å². The Bertz CT molecular complexity index is 660. The van der Waals surface area contributed by atoms with E-state index in [1.807, 2.05) is 6.07 Å². The van der Waals surface area contributed by atoms with Crippen LogP contribution in [0.3, 0.4) is 0 Å². The van der Waals surface area contributed by atoms with Gasteiger partial charge in [0.15, 0.2) is 0 Å². The molecule has 2 aromatic rings. The molecule has 2 rings (SSSR count). The second-order valence-corrected chi connectivity index (χ2v) is 4.15. The molecule has 0 aliphatic carbocycles. The van der Waals surface area contributed by atoms with E-state index in [0.29, 0.717) is 27.6 Å². The molecule has 0 aromatic heterocycles. The van der Waals surface area contributed by atoms with Gasteiger partial charge in [-0.05, 0) is 36.4 Å². The second-order valence-electron chi connectivity index (χ2n) is 3.74. The molecule has 0 heterocycles. The zero-order chi connectivity index (χ0) is 13.8. The van der Waals surface area contributed by atoms with Gasteiger partial charge in [0, 0.05) is 11.6 Å². The Morgan fingerprint density at radius 2 is 1.79 bits per heavy atom. The smallest absolute Gasteiger partial charge is 0.248 e. The molecule has 0 aliphatic rings. The van der Waals surface area contributed by atoms with Crippen molar-refractivity contribution in [3.05, 3.63) is 58.6 Å². The van der Waals surface area contributed by atoms with Gasteiger partial charge in [0.05, 0.1) is 10.6 Å². The number of halogens is 1.